The van der Waals surface area contributed by atoms with Gasteiger partial charge in [0.2, 0.25) is 0 Å². The zero-order chi connectivity index (χ0) is 19.7. The largest absolute Gasteiger partial charge is 0.467 e. The van der Waals surface area contributed by atoms with Gasteiger partial charge in [0.1, 0.15) is 11.6 Å². The Bertz CT molecular complexity index is 1100. The van der Waals surface area contributed by atoms with Crippen LogP contribution in [0.4, 0.5) is 0 Å². The van der Waals surface area contributed by atoms with Crippen LogP contribution in [-0.4, -0.2) is 40.0 Å². The van der Waals surface area contributed by atoms with E-state index in [9.17, 15) is 14.4 Å². The molecule has 4 rings (SSSR count). The van der Waals surface area contributed by atoms with Crippen LogP contribution in [0.2, 0.25) is 0 Å². The number of hydrogen-bond acceptors (Lipinski definition) is 6. The highest BCUT2D eigenvalue weighted by Gasteiger charge is 2.18. The second kappa shape index (κ2) is 7.30. The van der Waals surface area contributed by atoms with Gasteiger partial charge in [-0.15, -0.1) is 0 Å². The number of amides is 1. The van der Waals surface area contributed by atoms with E-state index >= 15 is 0 Å². The third kappa shape index (κ3) is 3.40. The van der Waals surface area contributed by atoms with Crippen LogP contribution in [0.15, 0.2) is 45.8 Å². The number of likely N-dealkylation sites (N-methyl/N-ethyl adjacent to an activating group) is 1. The van der Waals surface area contributed by atoms with E-state index in [1.807, 2.05) is 0 Å². The highest BCUT2D eigenvalue weighted by Crippen LogP contribution is 2.16. The van der Waals surface area contributed by atoms with Crippen LogP contribution in [-0.2, 0) is 29.0 Å². The summed E-state index contributed by atoms with van der Waals surface area (Å²) in [4.78, 5) is 42.8. The first-order valence-corrected chi connectivity index (χ1v) is 9.00. The number of rotatable bonds is 5. The van der Waals surface area contributed by atoms with Crippen LogP contribution < -0.4 is 5.56 Å². The lowest BCUT2D eigenvalue weighted by atomic mass is 10.1. The Hall–Kier alpha value is -3.42. The van der Waals surface area contributed by atoms with E-state index in [2.05, 4.69) is 4.98 Å². The van der Waals surface area contributed by atoms with E-state index in [0.717, 1.165) is 18.7 Å². The quantitative estimate of drug-likeness (QED) is 0.625. The smallest absolute Gasteiger partial charge is 0.338 e. The Morgan fingerprint density at radius 1 is 1.32 bits per heavy atom. The Labute approximate surface area is 160 Å². The molecule has 144 valence electrons. The SMILES string of the molecule is CN(Cc1ccco1)C(=O)COC(=O)c1ccc2c(=O)n3c(nc2c1)CCC3. The minimum absolute atomic E-state index is 0.0906. The molecule has 0 N–H and O–H groups in total. The summed E-state index contributed by atoms with van der Waals surface area (Å²) in [7, 11) is 1.60. The first-order valence-electron chi connectivity index (χ1n) is 9.00. The third-order valence-electron chi connectivity index (χ3n) is 4.78. The van der Waals surface area contributed by atoms with Crippen molar-refractivity contribution in [2.24, 2.45) is 0 Å². The third-order valence-corrected chi connectivity index (χ3v) is 4.78. The molecule has 1 amide bonds. The molecule has 0 saturated heterocycles. The Morgan fingerprint density at radius 3 is 2.96 bits per heavy atom. The molecule has 0 fully saturated rings. The van der Waals surface area contributed by atoms with E-state index < -0.39 is 5.97 Å². The van der Waals surface area contributed by atoms with E-state index in [-0.39, 0.29) is 23.6 Å². The summed E-state index contributed by atoms with van der Waals surface area (Å²) >= 11 is 0. The molecule has 1 aromatic carbocycles. The van der Waals surface area contributed by atoms with Crippen LogP contribution in [0.3, 0.4) is 0 Å². The van der Waals surface area contributed by atoms with Gasteiger partial charge in [0.25, 0.3) is 11.5 Å². The van der Waals surface area contributed by atoms with Crippen LogP contribution >= 0.6 is 0 Å². The standard InChI is InChI=1S/C20H19N3O5/c1-22(11-14-4-3-9-27-14)18(24)12-28-20(26)13-6-7-15-16(10-13)21-17-5-2-8-23(17)19(15)25/h3-4,6-7,9-10H,2,5,8,11-12H2,1H3. The first-order chi connectivity index (χ1) is 13.5. The lowest BCUT2D eigenvalue weighted by Gasteiger charge is -2.15. The van der Waals surface area contributed by atoms with Crippen molar-refractivity contribution in [3.8, 4) is 0 Å². The van der Waals surface area contributed by atoms with Crippen LogP contribution in [0.5, 0.6) is 0 Å². The van der Waals surface area contributed by atoms with Gasteiger partial charge < -0.3 is 14.1 Å². The van der Waals surface area contributed by atoms with Crippen molar-refractivity contribution in [3.63, 3.8) is 0 Å². The molecule has 1 aliphatic rings. The predicted molar refractivity (Wildman–Crippen MR) is 99.8 cm³/mol. The van der Waals surface area contributed by atoms with Crippen molar-refractivity contribution in [2.45, 2.75) is 25.9 Å². The number of benzene rings is 1. The molecule has 3 heterocycles. The molecule has 0 bridgehead atoms. The maximum Gasteiger partial charge on any atom is 0.338 e. The van der Waals surface area contributed by atoms with E-state index in [4.69, 9.17) is 9.15 Å². The Morgan fingerprint density at radius 2 is 2.18 bits per heavy atom. The summed E-state index contributed by atoms with van der Waals surface area (Å²) in [6, 6.07) is 8.14. The van der Waals surface area contributed by atoms with Gasteiger partial charge in [-0.3, -0.25) is 14.2 Å². The summed E-state index contributed by atoms with van der Waals surface area (Å²) in [5.41, 5.74) is 0.629. The first kappa shape index (κ1) is 18.0. The van der Waals surface area contributed by atoms with Crippen LogP contribution in [0.25, 0.3) is 10.9 Å². The molecule has 0 unspecified atom stereocenters. The van der Waals surface area contributed by atoms with E-state index in [0.29, 0.717) is 29.8 Å². The number of carbonyl (C=O) groups is 2. The molecular weight excluding hydrogens is 362 g/mol. The molecule has 0 spiro atoms. The van der Waals surface area contributed by atoms with Gasteiger partial charge in [0.15, 0.2) is 6.61 Å². The zero-order valence-corrected chi connectivity index (χ0v) is 15.4. The molecule has 0 saturated carbocycles. The molecule has 0 aliphatic carbocycles. The Balaban J connectivity index is 1.44. The number of furan rings is 1. The number of aromatic nitrogens is 2. The van der Waals surface area contributed by atoms with Crippen molar-refractivity contribution >= 4 is 22.8 Å². The van der Waals surface area contributed by atoms with Crippen molar-refractivity contribution in [1.29, 1.82) is 0 Å². The molecule has 1 aliphatic heterocycles. The summed E-state index contributed by atoms with van der Waals surface area (Å²) < 4.78 is 12.0. The minimum atomic E-state index is -0.635. The lowest BCUT2D eigenvalue weighted by molar-refractivity contribution is -0.133. The van der Waals surface area contributed by atoms with Crippen molar-refractivity contribution < 1.29 is 18.7 Å². The number of fused-ring (bicyclic) bond motifs is 2. The summed E-state index contributed by atoms with van der Waals surface area (Å²) in [6.07, 6.45) is 3.17. The second-order valence-electron chi connectivity index (χ2n) is 6.73. The molecular formula is C20H19N3O5. The summed E-state index contributed by atoms with van der Waals surface area (Å²) in [5.74, 6) is 0.392. The molecule has 2 aromatic heterocycles. The van der Waals surface area contributed by atoms with Gasteiger partial charge in [0, 0.05) is 20.0 Å². The fraction of sp³-hybridized carbons (Fsp3) is 0.300. The van der Waals surface area contributed by atoms with Crippen molar-refractivity contribution in [2.75, 3.05) is 13.7 Å². The maximum atomic E-state index is 12.5. The average molecular weight is 381 g/mol. The average Bonchev–Trinajstić information content (AvgIpc) is 3.37. The highest BCUT2D eigenvalue weighted by atomic mass is 16.5. The number of aryl methyl sites for hydroxylation is 1. The van der Waals surface area contributed by atoms with E-state index in [1.54, 1.807) is 29.8 Å². The maximum absolute atomic E-state index is 12.5. The predicted octanol–water partition coefficient (Wildman–Crippen LogP) is 1.75. The minimum Gasteiger partial charge on any atom is -0.467 e. The van der Waals surface area contributed by atoms with Gasteiger partial charge in [-0.1, -0.05) is 0 Å². The zero-order valence-electron chi connectivity index (χ0n) is 15.4. The number of esters is 1. The van der Waals surface area contributed by atoms with Gasteiger partial charge in [-0.25, -0.2) is 9.78 Å². The van der Waals surface area contributed by atoms with Crippen molar-refractivity contribution in [3.05, 3.63) is 64.1 Å². The van der Waals surface area contributed by atoms with Gasteiger partial charge in [-0.05, 0) is 36.8 Å². The molecule has 8 nitrogen and oxygen atoms in total. The number of carbonyl (C=O) groups excluding carboxylic acids is 2. The Kier molecular flexibility index (Phi) is 4.68. The fourth-order valence-electron chi connectivity index (χ4n) is 3.26. The van der Waals surface area contributed by atoms with Crippen LogP contribution in [0, 0.1) is 0 Å². The number of hydrogen-bond donors (Lipinski definition) is 0. The molecule has 3 aromatic rings. The fourth-order valence-corrected chi connectivity index (χ4v) is 3.26. The number of nitrogens with zero attached hydrogens (tertiary/aromatic N) is 3. The normalized spacial score (nSPS) is 12.8. The van der Waals surface area contributed by atoms with Crippen LogP contribution in [0.1, 0.15) is 28.4 Å². The molecule has 8 heteroatoms. The van der Waals surface area contributed by atoms with Gasteiger partial charge in [-0.2, -0.15) is 0 Å². The second-order valence-corrected chi connectivity index (χ2v) is 6.73. The van der Waals surface area contributed by atoms with Crippen molar-refractivity contribution in [1.82, 2.24) is 14.5 Å². The monoisotopic (exact) mass is 381 g/mol. The van der Waals surface area contributed by atoms with Gasteiger partial charge >= 0.3 is 5.97 Å². The lowest BCUT2D eigenvalue weighted by Crippen LogP contribution is -2.30. The van der Waals surface area contributed by atoms with Gasteiger partial charge in [0.05, 0.1) is 29.3 Å². The molecule has 28 heavy (non-hydrogen) atoms. The number of ether oxygens (including phenoxy) is 1. The summed E-state index contributed by atoms with van der Waals surface area (Å²) in [5, 5.41) is 0.469. The highest BCUT2D eigenvalue weighted by molar-refractivity contribution is 5.95. The molecule has 0 atom stereocenters. The molecule has 0 radical (unpaired) electrons. The topological polar surface area (TPSA) is 94.6 Å². The summed E-state index contributed by atoms with van der Waals surface area (Å²) in [6.45, 7) is 0.585. The van der Waals surface area contributed by atoms with E-state index in [1.165, 1.54) is 23.3 Å².